The van der Waals surface area contributed by atoms with E-state index in [-0.39, 0.29) is 17.2 Å². The topological polar surface area (TPSA) is 99.4 Å². The second-order valence-corrected chi connectivity index (χ2v) is 5.54. The highest BCUT2D eigenvalue weighted by Gasteiger charge is 2.09. The zero-order valence-corrected chi connectivity index (χ0v) is 11.2. The number of carbonyl (C=O) groups is 1. The highest BCUT2D eigenvalue weighted by molar-refractivity contribution is 7.89. The van der Waals surface area contributed by atoms with Crippen LogP contribution in [0.2, 0.25) is 0 Å². The number of nitrogens with two attached hydrogens (primary N) is 1. The molecule has 20 heavy (non-hydrogen) atoms. The third-order valence-corrected chi connectivity index (χ3v) is 3.43. The number of carbonyl (C=O) groups excluding carboxylic acids is 1. The van der Waals surface area contributed by atoms with E-state index >= 15 is 0 Å². The minimum Gasteiger partial charge on any atom is -0.456 e. The fourth-order valence-corrected chi connectivity index (χ4v) is 2.00. The first-order valence-electron chi connectivity index (χ1n) is 5.67. The Kier molecular flexibility index (Phi) is 4.11. The summed E-state index contributed by atoms with van der Waals surface area (Å²) >= 11 is 0. The lowest BCUT2D eigenvalue weighted by Crippen LogP contribution is -2.12. The van der Waals surface area contributed by atoms with Crippen molar-refractivity contribution in [2.45, 2.75) is 11.5 Å². The number of hydrogen-bond acceptors (Lipinski definition) is 5. The number of pyridine rings is 1. The fourth-order valence-electron chi connectivity index (χ4n) is 1.48. The molecule has 0 unspecified atom stereocenters. The van der Waals surface area contributed by atoms with Gasteiger partial charge in [-0.25, -0.2) is 23.3 Å². The summed E-state index contributed by atoms with van der Waals surface area (Å²) < 4.78 is 27.2. The summed E-state index contributed by atoms with van der Waals surface area (Å²) in [4.78, 5) is 15.5. The van der Waals surface area contributed by atoms with Crippen LogP contribution in [0, 0.1) is 0 Å². The van der Waals surface area contributed by atoms with Gasteiger partial charge in [-0.3, -0.25) is 0 Å². The molecule has 0 bridgehead atoms. The van der Waals surface area contributed by atoms with Crippen LogP contribution in [-0.2, 0) is 21.4 Å². The minimum atomic E-state index is -3.71. The molecule has 1 aromatic carbocycles. The van der Waals surface area contributed by atoms with E-state index in [1.165, 1.54) is 30.5 Å². The van der Waals surface area contributed by atoms with Crippen molar-refractivity contribution in [3.8, 4) is 0 Å². The Labute approximate surface area is 116 Å². The van der Waals surface area contributed by atoms with Crippen LogP contribution in [0.5, 0.6) is 0 Å². The first-order valence-corrected chi connectivity index (χ1v) is 7.21. The van der Waals surface area contributed by atoms with Crippen LogP contribution in [0.4, 0.5) is 0 Å². The van der Waals surface area contributed by atoms with E-state index in [9.17, 15) is 13.2 Å². The van der Waals surface area contributed by atoms with Gasteiger partial charge in [-0.15, -0.1) is 0 Å². The van der Waals surface area contributed by atoms with Gasteiger partial charge in [0.15, 0.2) is 0 Å². The van der Waals surface area contributed by atoms with Crippen LogP contribution >= 0.6 is 0 Å². The van der Waals surface area contributed by atoms with Crippen LogP contribution in [0.25, 0.3) is 0 Å². The fraction of sp³-hybridized carbons (Fsp3) is 0.0769. The van der Waals surface area contributed by atoms with Crippen molar-refractivity contribution in [3.05, 3.63) is 59.9 Å². The van der Waals surface area contributed by atoms with Crippen molar-refractivity contribution in [1.29, 1.82) is 0 Å². The third kappa shape index (κ3) is 3.62. The molecule has 0 aliphatic rings. The molecule has 104 valence electrons. The number of benzene rings is 1. The van der Waals surface area contributed by atoms with Crippen molar-refractivity contribution < 1.29 is 17.9 Å². The molecule has 1 heterocycles. The molecule has 0 amide bonds. The SMILES string of the molecule is NS(=O)(=O)c1ccc(COC(=O)c2ccccn2)cc1. The molecular formula is C13H12N2O4S. The smallest absolute Gasteiger partial charge is 0.357 e. The maximum absolute atomic E-state index is 11.6. The molecule has 2 N–H and O–H groups in total. The Bertz CT molecular complexity index is 697. The van der Waals surface area contributed by atoms with Crippen LogP contribution in [0.3, 0.4) is 0 Å². The summed E-state index contributed by atoms with van der Waals surface area (Å²) in [5.41, 5.74) is 0.871. The van der Waals surface area contributed by atoms with E-state index in [1.807, 2.05) is 0 Å². The number of ether oxygens (including phenoxy) is 1. The first-order chi connectivity index (χ1) is 9.47. The summed E-state index contributed by atoms with van der Waals surface area (Å²) in [6.45, 7) is 0.0281. The van der Waals surface area contributed by atoms with Gasteiger partial charge in [-0.2, -0.15) is 0 Å². The van der Waals surface area contributed by atoms with Crippen molar-refractivity contribution in [2.24, 2.45) is 5.14 Å². The molecule has 0 saturated carbocycles. The van der Waals surface area contributed by atoms with E-state index in [4.69, 9.17) is 9.88 Å². The number of esters is 1. The number of sulfonamides is 1. The van der Waals surface area contributed by atoms with Crippen LogP contribution < -0.4 is 5.14 Å². The monoisotopic (exact) mass is 292 g/mol. The average molecular weight is 292 g/mol. The average Bonchev–Trinajstić information content (AvgIpc) is 2.45. The molecule has 7 heteroatoms. The number of rotatable bonds is 4. The summed E-state index contributed by atoms with van der Waals surface area (Å²) in [6, 6.07) is 10.7. The van der Waals surface area contributed by atoms with E-state index in [0.717, 1.165) is 0 Å². The molecule has 0 atom stereocenters. The van der Waals surface area contributed by atoms with E-state index in [2.05, 4.69) is 4.98 Å². The van der Waals surface area contributed by atoms with Crippen molar-refractivity contribution >= 4 is 16.0 Å². The second kappa shape index (κ2) is 5.81. The van der Waals surface area contributed by atoms with Crippen LogP contribution in [0.1, 0.15) is 16.1 Å². The predicted octanol–water partition coefficient (Wildman–Crippen LogP) is 1.09. The Morgan fingerprint density at radius 2 is 1.85 bits per heavy atom. The zero-order valence-electron chi connectivity index (χ0n) is 10.4. The van der Waals surface area contributed by atoms with Crippen molar-refractivity contribution in [1.82, 2.24) is 4.98 Å². The van der Waals surface area contributed by atoms with Gasteiger partial charge < -0.3 is 4.74 Å². The van der Waals surface area contributed by atoms with Crippen molar-refractivity contribution in [3.63, 3.8) is 0 Å². The van der Waals surface area contributed by atoms with Crippen LogP contribution in [0.15, 0.2) is 53.6 Å². The maximum atomic E-state index is 11.6. The van der Waals surface area contributed by atoms with Crippen LogP contribution in [-0.4, -0.2) is 19.4 Å². The second-order valence-electron chi connectivity index (χ2n) is 3.98. The summed E-state index contributed by atoms with van der Waals surface area (Å²) in [5.74, 6) is -0.541. The zero-order chi connectivity index (χ0) is 14.6. The van der Waals surface area contributed by atoms with E-state index in [1.54, 1.807) is 18.2 Å². The van der Waals surface area contributed by atoms with Gasteiger partial charge in [-0.1, -0.05) is 18.2 Å². The van der Waals surface area contributed by atoms with Gasteiger partial charge in [0.1, 0.15) is 12.3 Å². The van der Waals surface area contributed by atoms with Gasteiger partial charge >= 0.3 is 5.97 Å². The molecule has 2 rings (SSSR count). The molecule has 0 fully saturated rings. The highest BCUT2D eigenvalue weighted by Crippen LogP contribution is 2.10. The number of hydrogen-bond donors (Lipinski definition) is 1. The molecule has 6 nitrogen and oxygen atoms in total. The predicted molar refractivity (Wildman–Crippen MR) is 71.2 cm³/mol. The van der Waals surface area contributed by atoms with E-state index in [0.29, 0.717) is 5.56 Å². The summed E-state index contributed by atoms with van der Waals surface area (Å²) in [7, 11) is -3.71. The lowest BCUT2D eigenvalue weighted by molar-refractivity contribution is 0.0465. The highest BCUT2D eigenvalue weighted by atomic mass is 32.2. The summed E-state index contributed by atoms with van der Waals surface area (Å²) in [6.07, 6.45) is 1.50. The molecule has 2 aromatic rings. The number of aromatic nitrogens is 1. The lowest BCUT2D eigenvalue weighted by Gasteiger charge is -2.05. The Balaban J connectivity index is 2.00. The van der Waals surface area contributed by atoms with Gasteiger partial charge in [0, 0.05) is 6.20 Å². The molecule has 0 radical (unpaired) electrons. The van der Waals surface area contributed by atoms with Gasteiger partial charge in [0.2, 0.25) is 10.0 Å². The molecule has 0 spiro atoms. The summed E-state index contributed by atoms with van der Waals surface area (Å²) in [5, 5.41) is 4.98. The van der Waals surface area contributed by atoms with Gasteiger partial charge in [0.25, 0.3) is 0 Å². The number of primary sulfonamides is 1. The van der Waals surface area contributed by atoms with Gasteiger partial charge in [-0.05, 0) is 29.8 Å². The number of nitrogens with zero attached hydrogens (tertiary/aromatic N) is 1. The largest absolute Gasteiger partial charge is 0.456 e. The lowest BCUT2D eigenvalue weighted by atomic mass is 10.2. The third-order valence-electron chi connectivity index (χ3n) is 2.50. The Morgan fingerprint density at radius 3 is 2.40 bits per heavy atom. The quantitative estimate of drug-likeness (QED) is 0.850. The minimum absolute atomic E-state index is 0.0114. The maximum Gasteiger partial charge on any atom is 0.357 e. The molecule has 0 aliphatic carbocycles. The normalized spacial score (nSPS) is 11.1. The Morgan fingerprint density at radius 1 is 1.15 bits per heavy atom. The standard InChI is InChI=1S/C13H12N2O4S/c14-20(17,18)11-6-4-10(5-7-11)9-19-13(16)12-3-1-2-8-15-12/h1-8H,9H2,(H2,14,17,18). The molecule has 0 saturated heterocycles. The molecular weight excluding hydrogens is 280 g/mol. The van der Waals surface area contributed by atoms with Gasteiger partial charge in [0.05, 0.1) is 4.90 Å². The Hall–Kier alpha value is -2.25. The van der Waals surface area contributed by atoms with Crippen molar-refractivity contribution in [2.75, 3.05) is 0 Å². The van der Waals surface area contributed by atoms with E-state index < -0.39 is 16.0 Å². The molecule has 0 aliphatic heterocycles. The first kappa shape index (κ1) is 14.2. The molecule has 1 aromatic heterocycles.